The van der Waals surface area contributed by atoms with Gasteiger partial charge in [-0.2, -0.15) is 13.2 Å². The van der Waals surface area contributed by atoms with Gasteiger partial charge in [-0.15, -0.1) is 0 Å². The average Bonchev–Trinajstić information content (AvgIpc) is 2.67. The van der Waals surface area contributed by atoms with Crippen LogP contribution in [0.2, 0.25) is 0 Å². The van der Waals surface area contributed by atoms with Gasteiger partial charge in [0.15, 0.2) is 0 Å². The predicted molar refractivity (Wildman–Crippen MR) is 73.3 cm³/mol. The molecule has 0 saturated heterocycles. The zero-order valence-electron chi connectivity index (χ0n) is 12.0. The van der Waals surface area contributed by atoms with Gasteiger partial charge in [-0.1, -0.05) is 6.07 Å². The monoisotopic (exact) mass is 299 g/mol. The summed E-state index contributed by atoms with van der Waals surface area (Å²) in [5.41, 5.74) is 0.0521. The highest BCUT2D eigenvalue weighted by Crippen LogP contribution is 2.25. The summed E-state index contributed by atoms with van der Waals surface area (Å²) in [4.78, 5) is 12.0. The minimum atomic E-state index is -4.25. The summed E-state index contributed by atoms with van der Waals surface area (Å²) in [5.74, 6) is 0. The SMILES string of the molecule is CC(C)(C)OC(=O)n1ccc2cc(CC(F)(F)F)ccc21. The number of hydrogen-bond donors (Lipinski definition) is 0. The molecule has 6 heteroatoms. The third-order valence-electron chi connectivity index (χ3n) is 2.75. The first-order chi connectivity index (χ1) is 9.55. The minimum absolute atomic E-state index is 0.164. The van der Waals surface area contributed by atoms with E-state index in [4.69, 9.17) is 4.74 Å². The highest BCUT2D eigenvalue weighted by Gasteiger charge is 2.27. The number of aromatic nitrogens is 1. The van der Waals surface area contributed by atoms with Crippen LogP contribution in [0.15, 0.2) is 30.5 Å². The van der Waals surface area contributed by atoms with Gasteiger partial charge in [-0.25, -0.2) is 4.79 Å². The van der Waals surface area contributed by atoms with Crippen LogP contribution in [-0.4, -0.2) is 22.4 Å². The van der Waals surface area contributed by atoms with Gasteiger partial charge < -0.3 is 4.74 Å². The van der Waals surface area contributed by atoms with E-state index in [-0.39, 0.29) is 5.56 Å². The summed E-state index contributed by atoms with van der Waals surface area (Å²) >= 11 is 0. The topological polar surface area (TPSA) is 31.2 Å². The Balaban J connectivity index is 2.31. The van der Waals surface area contributed by atoms with Crippen LogP contribution in [0.3, 0.4) is 0 Å². The van der Waals surface area contributed by atoms with Gasteiger partial charge in [0.05, 0.1) is 11.9 Å². The van der Waals surface area contributed by atoms with E-state index in [0.717, 1.165) is 0 Å². The smallest absolute Gasteiger partial charge is 0.418 e. The van der Waals surface area contributed by atoms with Crippen molar-refractivity contribution in [1.82, 2.24) is 4.57 Å². The zero-order chi connectivity index (χ0) is 15.8. The molecular formula is C15H16F3NO2. The van der Waals surface area contributed by atoms with Crippen molar-refractivity contribution < 1.29 is 22.7 Å². The molecule has 2 rings (SSSR count). The van der Waals surface area contributed by atoms with E-state index in [1.165, 1.54) is 29.0 Å². The number of halogens is 3. The van der Waals surface area contributed by atoms with Gasteiger partial charge in [-0.05, 0) is 44.5 Å². The summed E-state index contributed by atoms with van der Waals surface area (Å²) < 4.78 is 43.7. The number of nitrogens with zero attached hydrogens (tertiary/aromatic N) is 1. The Bertz CT molecular complexity index is 666. The lowest BCUT2D eigenvalue weighted by Crippen LogP contribution is -2.26. The Hall–Kier alpha value is -1.98. The van der Waals surface area contributed by atoms with Crippen molar-refractivity contribution in [3.63, 3.8) is 0 Å². The summed E-state index contributed by atoms with van der Waals surface area (Å²) in [7, 11) is 0. The van der Waals surface area contributed by atoms with Crippen LogP contribution in [0.5, 0.6) is 0 Å². The Morgan fingerprint density at radius 1 is 1.19 bits per heavy atom. The molecule has 21 heavy (non-hydrogen) atoms. The first-order valence-corrected chi connectivity index (χ1v) is 6.45. The number of hydrogen-bond acceptors (Lipinski definition) is 2. The van der Waals surface area contributed by atoms with E-state index >= 15 is 0 Å². The molecule has 1 heterocycles. The predicted octanol–water partition coefficient (Wildman–Crippen LogP) is 4.53. The lowest BCUT2D eigenvalue weighted by atomic mass is 10.1. The second kappa shape index (κ2) is 5.09. The number of ether oxygens (including phenoxy) is 1. The Kier molecular flexibility index (Phi) is 3.74. The van der Waals surface area contributed by atoms with Crippen LogP contribution < -0.4 is 0 Å². The van der Waals surface area contributed by atoms with Crippen molar-refractivity contribution in [1.29, 1.82) is 0 Å². The number of carbonyl (C=O) groups is 1. The lowest BCUT2D eigenvalue weighted by Gasteiger charge is -2.19. The highest BCUT2D eigenvalue weighted by atomic mass is 19.4. The van der Waals surface area contributed by atoms with Gasteiger partial charge in [0.1, 0.15) is 5.60 Å². The van der Waals surface area contributed by atoms with Crippen molar-refractivity contribution in [3.05, 3.63) is 36.0 Å². The standard InChI is InChI=1S/C15H16F3NO2/c1-14(2,3)21-13(20)19-7-6-11-8-10(4-5-12(11)19)9-15(16,17)18/h4-8H,9H2,1-3H3. The fourth-order valence-electron chi connectivity index (χ4n) is 2.00. The zero-order valence-corrected chi connectivity index (χ0v) is 12.0. The summed E-state index contributed by atoms with van der Waals surface area (Å²) in [6.45, 7) is 5.24. The van der Waals surface area contributed by atoms with Crippen LogP contribution in [-0.2, 0) is 11.2 Å². The van der Waals surface area contributed by atoms with E-state index in [2.05, 4.69) is 0 Å². The molecule has 1 aromatic heterocycles. The molecule has 0 bridgehead atoms. The Labute approximate surface area is 120 Å². The number of rotatable bonds is 1. The molecule has 0 radical (unpaired) electrons. The van der Waals surface area contributed by atoms with E-state index < -0.39 is 24.3 Å². The molecule has 0 saturated carbocycles. The Morgan fingerprint density at radius 3 is 2.43 bits per heavy atom. The molecule has 0 aliphatic rings. The van der Waals surface area contributed by atoms with Crippen LogP contribution >= 0.6 is 0 Å². The van der Waals surface area contributed by atoms with Crippen LogP contribution in [0.4, 0.5) is 18.0 Å². The quantitative estimate of drug-likeness (QED) is 0.774. The molecule has 2 aromatic rings. The van der Waals surface area contributed by atoms with Gasteiger partial charge in [-0.3, -0.25) is 4.57 Å². The number of carbonyl (C=O) groups excluding carboxylic acids is 1. The summed E-state index contributed by atoms with van der Waals surface area (Å²) in [6.07, 6.45) is -4.29. The minimum Gasteiger partial charge on any atom is -0.443 e. The van der Waals surface area contributed by atoms with Crippen molar-refractivity contribution in [2.75, 3.05) is 0 Å². The molecule has 0 spiro atoms. The van der Waals surface area contributed by atoms with Crippen molar-refractivity contribution in [2.45, 2.75) is 39.0 Å². The van der Waals surface area contributed by atoms with E-state index in [1.807, 2.05) is 0 Å². The van der Waals surface area contributed by atoms with E-state index in [0.29, 0.717) is 10.9 Å². The van der Waals surface area contributed by atoms with Gasteiger partial charge in [0.25, 0.3) is 0 Å². The van der Waals surface area contributed by atoms with Crippen LogP contribution in [0, 0.1) is 0 Å². The summed E-state index contributed by atoms with van der Waals surface area (Å²) in [6, 6.07) is 5.90. The molecule has 0 aliphatic carbocycles. The Morgan fingerprint density at radius 2 is 1.86 bits per heavy atom. The molecule has 0 amide bonds. The number of fused-ring (bicyclic) bond motifs is 1. The maximum Gasteiger partial charge on any atom is 0.418 e. The molecule has 0 unspecified atom stereocenters. The molecule has 0 fully saturated rings. The van der Waals surface area contributed by atoms with E-state index in [9.17, 15) is 18.0 Å². The van der Waals surface area contributed by atoms with E-state index in [1.54, 1.807) is 26.8 Å². The third-order valence-corrected chi connectivity index (χ3v) is 2.75. The maximum absolute atomic E-state index is 12.4. The van der Waals surface area contributed by atoms with Crippen LogP contribution in [0.25, 0.3) is 10.9 Å². The maximum atomic E-state index is 12.4. The first-order valence-electron chi connectivity index (χ1n) is 6.45. The van der Waals surface area contributed by atoms with Crippen molar-refractivity contribution in [3.8, 4) is 0 Å². The van der Waals surface area contributed by atoms with Gasteiger partial charge in [0.2, 0.25) is 0 Å². The second-order valence-electron chi connectivity index (χ2n) is 5.85. The fraction of sp³-hybridized carbons (Fsp3) is 0.400. The number of benzene rings is 1. The lowest BCUT2D eigenvalue weighted by molar-refractivity contribution is -0.127. The normalized spacial score (nSPS) is 12.7. The molecule has 114 valence electrons. The fourth-order valence-corrected chi connectivity index (χ4v) is 2.00. The second-order valence-corrected chi connectivity index (χ2v) is 5.85. The molecular weight excluding hydrogens is 283 g/mol. The number of alkyl halides is 3. The largest absolute Gasteiger partial charge is 0.443 e. The highest BCUT2D eigenvalue weighted by molar-refractivity contribution is 5.89. The van der Waals surface area contributed by atoms with Crippen molar-refractivity contribution in [2.24, 2.45) is 0 Å². The molecule has 1 aromatic carbocycles. The summed E-state index contributed by atoms with van der Waals surface area (Å²) in [5, 5.41) is 0.572. The average molecular weight is 299 g/mol. The van der Waals surface area contributed by atoms with Crippen molar-refractivity contribution >= 4 is 17.0 Å². The molecule has 0 N–H and O–H groups in total. The first kappa shape index (κ1) is 15.4. The molecule has 3 nitrogen and oxygen atoms in total. The van der Waals surface area contributed by atoms with Gasteiger partial charge >= 0.3 is 12.3 Å². The molecule has 0 atom stereocenters. The molecule has 0 aliphatic heterocycles. The third kappa shape index (κ3) is 4.00. The van der Waals surface area contributed by atoms with Gasteiger partial charge in [0, 0.05) is 11.6 Å². The van der Waals surface area contributed by atoms with Crippen LogP contribution in [0.1, 0.15) is 26.3 Å².